The molecular formula is C19H14BrNO7. The van der Waals surface area contributed by atoms with Gasteiger partial charge in [-0.25, -0.2) is 9.59 Å². The standard InChI is InChI=1S/C19H14BrNO7/c20-15-9-11(21(24)25)3-5-13(15)16-6-4-12(26-16)10-14-17(22)27-19(28-18(14)23)7-1-2-8-19/h3-6,9-10H,1-2,7-8H2. The molecule has 0 atom stereocenters. The molecule has 1 aromatic heterocycles. The lowest BCUT2D eigenvalue weighted by Gasteiger charge is -2.32. The number of halogens is 1. The second-order valence-corrected chi connectivity index (χ2v) is 7.43. The first-order valence-corrected chi connectivity index (χ1v) is 9.39. The van der Waals surface area contributed by atoms with Gasteiger partial charge in [-0.15, -0.1) is 0 Å². The Labute approximate surface area is 167 Å². The highest BCUT2D eigenvalue weighted by Gasteiger charge is 2.48. The van der Waals surface area contributed by atoms with E-state index in [0.717, 1.165) is 12.8 Å². The van der Waals surface area contributed by atoms with Crippen LogP contribution in [0.3, 0.4) is 0 Å². The van der Waals surface area contributed by atoms with Crippen LogP contribution in [0.1, 0.15) is 31.4 Å². The molecule has 1 spiro atoms. The van der Waals surface area contributed by atoms with Crippen LogP contribution in [0.2, 0.25) is 0 Å². The van der Waals surface area contributed by atoms with Crippen LogP contribution in [0.4, 0.5) is 5.69 Å². The lowest BCUT2D eigenvalue weighted by atomic mass is 10.1. The first-order valence-electron chi connectivity index (χ1n) is 8.59. The van der Waals surface area contributed by atoms with Crippen molar-refractivity contribution < 1.29 is 28.4 Å². The van der Waals surface area contributed by atoms with E-state index in [2.05, 4.69) is 15.9 Å². The van der Waals surface area contributed by atoms with E-state index >= 15 is 0 Å². The number of non-ortho nitro benzene ring substituents is 1. The normalized spacial score (nSPS) is 18.1. The first kappa shape index (κ1) is 18.4. The number of rotatable bonds is 3. The number of hydrogen-bond donors (Lipinski definition) is 0. The fourth-order valence-corrected chi connectivity index (χ4v) is 3.88. The number of carbonyl (C=O) groups excluding carboxylic acids is 2. The number of hydrogen-bond acceptors (Lipinski definition) is 7. The molecule has 0 N–H and O–H groups in total. The quantitative estimate of drug-likeness (QED) is 0.226. The van der Waals surface area contributed by atoms with Crippen molar-refractivity contribution in [3.8, 4) is 11.3 Å². The topological polar surface area (TPSA) is 109 Å². The molecule has 1 aliphatic heterocycles. The third kappa shape index (κ3) is 3.33. The van der Waals surface area contributed by atoms with Gasteiger partial charge in [0.15, 0.2) is 0 Å². The number of nitro benzene ring substituents is 1. The number of nitro groups is 1. The van der Waals surface area contributed by atoms with Gasteiger partial charge in [-0.3, -0.25) is 10.1 Å². The van der Waals surface area contributed by atoms with Gasteiger partial charge >= 0.3 is 11.9 Å². The third-order valence-corrected chi connectivity index (χ3v) is 5.36. The number of benzene rings is 1. The van der Waals surface area contributed by atoms with Crippen LogP contribution in [0, 0.1) is 10.1 Å². The fraction of sp³-hybridized carbons (Fsp3) is 0.263. The zero-order valence-electron chi connectivity index (χ0n) is 14.5. The molecule has 0 amide bonds. The molecule has 1 aliphatic carbocycles. The van der Waals surface area contributed by atoms with E-state index in [4.69, 9.17) is 13.9 Å². The summed E-state index contributed by atoms with van der Waals surface area (Å²) in [5.41, 5.74) is 0.299. The highest BCUT2D eigenvalue weighted by Crippen LogP contribution is 2.39. The van der Waals surface area contributed by atoms with E-state index in [-0.39, 0.29) is 17.0 Å². The van der Waals surface area contributed by atoms with E-state index < -0.39 is 22.6 Å². The monoisotopic (exact) mass is 447 g/mol. The highest BCUT2D eigenvalue weighted by molar-refractivity contribution is 9.10. The maximum absolute atomic E-state index is 12.3. The highest BCUT2D eigenvalue weighted by atomic mass is 79.9. The van der Waals surface area contributed by atoms with Crippen molar-refractivity contribution in [3.05, 3.63) is 56.3 Å². The zero-order chi connectivity index (χ0) is 19.9. The Balaban J connectivity index is 1.59. The molecule has 2 heterocycles. The number of ether oxygens (including phenoxy) is 2. The second kappa shape index (κ2) is 6.90. The molecule has 1 saturated heterocycles. The van der Waals surface area contributed by atoms with Gasteiger partial charge in [-0.2, -0.15) is 0 Å². The molecule has 1 aromatic carbocycles. The lowest BCUT2D eigenvalue weighted by molar-refractivity contribution is -0.384. The number of furan rings is 1. The van der Waals surface area contributed by atoms with Crippen molar-refractivity contribution in [1.29, 1.82) is 0 Å². The molecule has 9 heteroatoms. The van der Waals surface area contributed by atoms with Crippen molar-refractivity contribution in [2.24, 2.45) is 0 Å². The van der Waals surface area contributed by atoms with Crippen LogP contribution < -0.4 is 0 Å². The average molecular weight is 448 g/mol. The molecule has 0 unspecified atom stereocenters. The van der Waals surface area contributed by atoms with Gasteiger partial charge in [0, 0.05) is 41.1 Å². The van der Waals surface area contributed by atoms with Crippen molar-refractivity contribution in [1.82, 2.24) is 0 Å². The second-order valence-electron chi connectivity index (χ2n) is 6.58. The summed E-state index contributed by atoms with van der Waals surface area (Å²) in [4.78, 5) is 34.9. The summed E-state index contributed by atoms with van der Waals surface area (Å²) in [6.45, 7) is 0. The Morgan fingerprint density at radius 2 is 1.75 bits per heavy atom. The van der Waals surface area contributed by atoms with E-state index in [1.54, 1.807) is 18.2 Å². The fourth-order valence-electron chi connectivity index (χ4n) is 3.32. The van der Waals surface area contributed by atoms with Gasteiger partial charge in [0.1, 0.15) is 17.1 Å². The van der Waals surface area contributed by atoms with Crippen molar-refractivity contribution in [3.63, 3.8) is 0 Å². The van der Waals surface area contributed by atoms with Crippen molar-refractivity contribution in [2.75, 3.05) is 0 Å². The largest absolute Gasteiger partial charge is 0.457 e. The predicted molar refractivity (Wildman–Crippen MR) is 99.9 cm³/mol. The molecule has 2 fully saturated rings. The molecule has 2 aromatic rings. The predicted octanol–water partition coefficient (Wildman–Crippen LogP) is 4.37. The Hall–Kier alpha value is -2.94. The molecule has 144 valence electrons. The molecule has 28 heavy (non-hydrogen) atoms. The summed E-state index contributed by atoms with van der Waals surface area (Å²) in [6.07, 6.45) is 3.97. The van der Waals surface area contributed by atoms with Gasteiger partial charge in [-0.1, -0.05) is 0 Å². The third-order valence-electron chi connectivity index (χ3n) is 4.70. The van der Waals surface area contributed by atoms with Crippen molar-refractivity contribution in [2.45, 2.75) is 31.5 Å². The Morgan fingerprint density at radius 3 is 2.36 bits per heavy atom. The maximum atomic E-state index is 12.3. The summed E-state index contributed by atoms with van der Waals surface area (Å²) < 4.78 is 16.9. The number of carbonyl (C=O) groups is 2. The summed E-state index contributed by atoms with van der Waals surface area (Å²) in [5, 5.41) is 10.8. The molecule has 2 aliphatic rings. The molecule has 1 saturated carbocycles. The molecular weight excluding hydrogens is 434 g/mol. The van der Waals surface area contributed by atoms with Crippen LogP contribution >= 0.6 is 15.9 Å². The summed E-state index contributed by atoms with van der Waals surface area (Å²) in [6, 6.07) is 7.49. The summed E-state index contributed by atoms with van der Waals surface area (Å²) in [5.74, 6) is -1.91. The smallest absolute Gasteiger partial charge is 0.349 e. The van der Waals surface area contributed by atoms with Crippen LogP contribution in [0.15, 0.2) is 44.8 Å². The average Bonchev–Trinajstić information content (AvgIpc) is 3.28. The van der Waals surface area contributed by atoms with Crippen LogP contribution in [-0.2, 0) is 19.1 Å². The van der Waals surface area contributed by atoms with Gasteiger partial charge in [0.05, 0.1) is 4.92 Å². The minimum atomic E-state index is -1.12. The maximum Gasteiger partial charge on any atom is 0.349 e. The lowest BCUT2D eigenvalue weighted by Crippen LogP contribution is -2.44. The SMILES string of the molecule is O=C1OC2(CCCC2)OC(=O)C1=Cc1ccc(-c2ccc([N+](=O)[O-])cc2Br)o1. The van der Waals surface area contributed by atoms with E-state index in [1.165, 1.54) is 18.2 Å². The van der Waals surface area contributed by atoms with Crippen LogP contribution in [0.25, 0.3) is 17.4 Å². The van der Waals surface area contributed by atoms with Gasteiger partial charge < -0.3 is 13.9 Å². The first-order chi connectivity index (χ1) is 13.4. The Morgan fingerprint density at radius 1 is 1.07 bits per heavy atom. The Bertz CT molecular complexity index is 995. The summed E-state index contributed by atoms with van der Waals surface area (Å²) in [7, 11) is 0. The molecule has 0 radical (unpaired) electrons. The van der Waals surface area contributed by atoms with Gasteiger partial charge in [0.25, 0.3) is 11.5 Å². The Kier molecular flexibility index (Phi) is 4.54. The minimum Gasteiger partial charge on any atom is -0.457 e. The molecule has 4 rings (SSSR count). The van der Waals surface area contributed by atoms with E-state index in [9.17, 15) is 19.7 Å². The summed E-state index contributed by atoms with van der Waals surface area (Å²) >= 11 is 3.29. The zero-order valence-corrected chi connectivity index (χ0v) is 16.1. The van der Waals surface area contributed by atoms with Crippen LogP contribution in [-0.4, -0.2) is 22.6 Å². The molecule has 0 bridgehead atoms. The van der Waals surface area contributed by atoms with Crippen LogP contribution in [0.5, 0.6) is 0 Å². The minimum absolute atomic E-state index is 0.0574. The molecule has 8 nitrogen and oxygen atoms in total. The number of esters is 2. The van der Waals surface area contributed by atoms with Gasteiger partial charge in [0.2, 0.25) is 0 Å². The van der Waals surface area contributed by atoms with E-state index in [1.807, 2.05) is 0 Å². The van der Waals surface area contributed by atoms with Gasteiger partial charge in [-0.05, 0) is 47.0 Å². The van der Waals surface area contributed by atoms with Crippen molar-refractivity contribution >= 4 is 39.6 Å². The number of nitrogens with zero attached hydrogens (tertiary/aromatic N) is 1. The van der Waals surface area contributed by atoms with E-state index in [0.29, 0.717) is 28.6 Å².